The minimum atomic E-state index is -0.449. The van der Waals surface area contributed by atoms with E-state index in [1.165, 1.54) is 4.90 Å². The van der Waals surface area contributed by atoms with Crippen LogP contribution < -0.4 is 5.32 Å². The molecule has 1 N–H and O–H groups in total. The Balaban J connectivity index is 1.61. The molecular formula is C22H22N2O3. The molecule has 1 aliphatic heterocycles. The Morgan fingerprint density at radius 3 is 2.19 bits per heavy atom. The molecule has 2 aromatic rings. The molecular weight excluding hydrogens is 340 g/mol. The quantitative estimate of drug-likeness (QED) is 0.580. The van der Waals surface area contributed by atoms with Gasteiger partial charge in [0, 0.05) is 13.0 Å². The molecule has 0 spiro atoms. The SMILES string of the molecule is C=CCC(CNC(=O)CCc1ccccc1)N1C(=O)c2ccccc2C1=O. The van der Waals surface area contributed by atoms with Gasteiger partial charge >= 0.3 is 0 Å². The molecule has 1 heterocycles. The fraction of sp³-hybridized carbons (Fsp3) is 0.227. The standard InChI is InChI=1S/C22H22N2O3/c1-2-8-17(15-23-20(25)14-13-16-9-4-3-5-10-16)24-21(26)18-11-6-7-12-19(18)22(24)27/h2-7,9-12,17H,1,8,13-15H2,(H,23,25). The highest BCUT2D eigenvalue weighted by Gasteiger charge is 2.39. The Labute approximate surface area is 158 Å². The third-order valence-corrected chi connectivity index (χ3v) is 4.65. The molecule has 0 saturated carbocycles. The molecule has 5 heteroatoms. The van der Waals surface area contributed by atoms with E-state index in [-0.39, 0.29) is 24.3 Å². The first-order valence-electron chi connectivity index (χ1n) is 9.00. The molecule has 138 valence electrons. The Morgan fingerprint density at radius 2 is 1.59 bits per heavy atom. The number of nitrogens with zero attached hydrogens (tertiary/aromatic N) is 1. The molecule has 0 aliphatic carbocycles. The Hall–Kier alpha value is -3.21. The van der Waals surface area contributed by atoms with E-state index in [0.717, 1.165) is 5.56 Å². The van der Waals surface area contributed by atoms with Gasteiger partial charge in [-0.3, -0.25) is 19.3 Å². The van der Waals surface area contributed by atoms with E-state index in [4.69, 9.17) is 0 Å². The van der Waals surface area contributed by atoms with Crippen molar-refractivity contribution in [3.63, 3.8) is 0 Å². The lowest BCUT2D eigenvalue weighted by molar-refractivity contribution is -0.121. The number of carbonyl (C=O) groups excluding carboxylic acids is 3. The topological polar surface area (TPSA) is 66.5 Å². The number of hydrogen-bond donors (Lipinski definition) is 1. The lowest BCUT2D eigenvalue weighted by Gasteiger charge is -2.25. The van der Waals surface area contributed by atoms with Crippen molar-refractivity contribution in [2.24, 2.45) is 0 Å². The van der Waals surface area contributed by atoms with Crippen molar-refractivity contribution in [2.45, 2.75) is 25.3 Å². The van der Waals surface area contributed by atoms with Crippen molar-refractivity contribution >= 4 is 17.7 Å². The molecule has 3 amide bonds. The van der Waals surface area contributed by atoms with Crippen LogP contribution in [0.25, 0.3) is 0 Å². The van der Waals surface area contributed by atoms with Gasteiger partial charge in [-0.05, 0) is 30.5 Å². The third kappa shape index (κ3) is 4.14. The summed E-state index contributed by atoms with van der Waals surface area (Å²) in [6.07, 6.45) is 3.08. The van der Waals surface area contributed by atoms with Crippen LogP contribution >= 0.6 is 0 Å². The molecule has 0 radical (unpaired) electrons. The summed E-state index contributed by atoms with van der Waals surface area (Å²) in [5.74, 6) is -0.744. The summed E-state index contributed by atoms with van der Waals surface area (Å²) in [6.45, 7) is 3.93. The van der Waals surface area contributed by atoms with Crippen LogP contribution in [-0.4, -0.2) is 35.2 Å². The molecule has 3 rings (SSSR count). The van der Waals surface area contributed by atoms with Crippen molar-refractivity contribution in [3.8, 4) is 0 Å². The fourth-order valence-corrected chi connectivity index (χ4v) is 3.23. The average Bonchev–Trinajstić information content (AvgIpc) is 2.95. The van der Waals surface area contributed by atoms with Crippen molar-refractivity contribution in [1.82, 2.24) is 10.2 Å². The molecule has 0 fully saturated rings. The number of carbonyl (C=O) groups is 3. The van der Waals surface area contributed by atoms with Gasteiger partial charge < -0.3 is 5.32 Å². The van der Waals surface area contributed by atoms with Crippen LogP contribution in [0.3, 0.4) is 0 Å². The summed E-state index contributed by atoms with van der Waals surface area (Å²) in [5.41, 5.74) is 1.91. The number of imide groups is 1. The van der Waals surface area contributed by atoms with Gasteiger partial charge in [-0.2, -0.15) is 0 Å². The van der Waals surface area contributed by atoms with Gasteiger partial charge in [-0.1, -0.05) is 48.5 Å². The van der Waals surface area contributed by atoms with E-state index in [9.17, 15) is 14.4 Å². The number of amides is 3. The van der Waals surface area contributed by atoms with E-state index in [1.807, 2.05) is 30.3 Å². The van der Waals surface area contributed by atoms with Crippen LogP contribution in [0.2, 0.25) is 0 Å². The maximum absolute atomic E-state index is 12.6. The second-order valence-corrected chi connectivity index (χ2v) is 6.49. The average molecular weight is 362 g/mol. The molecule has 1 atom stereocenters. The van der Waals surface area contributed by atoms with Crippen LogP contribution in [0, 0.1) is 0 Å². The van der Waals surface area contributed by atoms with E-state index in [1.54, 1.807) is 30.3 Å². The fourth-order valence-electron chi connectivity index (χ4n) is 3.23. The predicted molar refractivity (Wildman–Crippen MR) is 103 cm³/mol. The maximum Gasteiger partial charge on any atom is 0.261 e. The lowest BCUT2D eigenvalue weighted by Crippen LogP contribution is -2.46. The van der Waals surface area contributed by atoms with Crippen LogP contribution in [-0.2, 0) is 11.2 Å². The highest BCUT2D eigenvalue weighted by atomic mass is 16.2. The molecule has 0 bridgehead atoms. The molecule has 1 unspecified atom stereocenters. The molecule has 1 aliphatic rings. The highest BCUT2D eigenvalue weighted by molar-refractivity contribution is 6.21. The normalized spacial score (nSPS) is 14.0. The molecule has 5 nitrogen and oxygen atoms in total. The minimum Gasteiger partial charge on any atom is -0.354 e. The largest absolute Gasteiger partial charge is 0.354 e. The second kappa shape index (κ2) is 8.45. The Kier molecular flexibility index (Phi) is 5.81. The summed E-state index contributed by atoms with van der Waals surface area (Å²) < 4.78 is 0. The summed E-state index contributed by atoms with van der Waals surface area (Å²) >= 11 is 0. The van der Waals surface area contributed by atoms with E-state index < -0.39 is 6.04 Å². The summed E-state index contributed by atoms with van der Waals surface area (Å²) in [4.78, 5) is 38.7. The van der Waals surface area contributed by atoms with Gasteiger partial charge in [0.05, 0.1) is 17.2 Å². The highest BCUT2D eigenvalue weighted by Crippen LogP contribution is 2.25. The van der Waals surface area contributed by atoms with Gasteiger partial charge in [0.1, 0.15) is 0 Å². The molecule has 0 saturated heterocycles. The summed E-state index contributed by atoms with van der Waals surface area (Å²) in [5, 5.41) is 2.85. The van der Waals surface area contributed by atoms with Gasteiger partial charge in [-0.25, -0.2) is 0 Å². The number of aryl methyl sites for hydroxylation is 1. The zero-order valence-electron chi connectivity index (χ0n) is 15.1. The van der Waals surface area contributed by atoms with Crippen molar-refractivity contribution < 1.29 is 14.4 Å². The lowest BCUT2D eigenvalue weighted by atomic mass is 10.1. The maximum atomic E-state index is 12.6. The first kappa shape index (κ1) is 18.6. The van der Waals surface area contributed by atoms with Gasteiger partial charge in [-0.15, -0.1) is 6.58 Å². The van der Waals surface area contributed by atoms with E-state index >= 15 is 0 Å². The number of nitrogens with one attached hydrogen (secondary N) is 1. The smallest absolute Gasteiger partial charge is 0.261 e. The van der Waals surface area contributed by atoms with Crippen molar-refractivity contribution in [1.29, 1.82) is 0 Å². The van der Waals surface area contributed by atoms with E-state index in [0.29, 0.717) is 30.4 Å². The number of rotatable bonds is 8. The first-order valence-corrected chi connectivity index (χ1v) is 9.00. The monoisotopic (exact) mass is 362 g/mol. The van der Waals surface area contributed by atoms with Crippen LogP contribution in [0.5, 0.6) is 0 Å². The molecule has 0 aromatic heterocycles. The molecule has 2 aromatic carbocycles. The number of fused-ring (bicyclic) bond motifs is 1. The summed E-state index contributed by atoms with van der Waals surface area (Å²) in [6, 6.07) is 16.1. The van der Waals surface area contributed by atoms with Gasteiger partial charge in [0.2, 0.25) is 5.91 Å². The minimum absolute atomic E-state index is 0.107. The zero-order chi connectivity index (χ0) is 19.2. The number of benzene rings is 2. The van der Waals surface area contributed by atoms with Gasteiger partial charge in [0.25, 0.3) is 11.8 Å². The second-order valence-electron chi connectivity index (χ2n) is 6.49. The van der Waals surface area contributed by atoms with Crippen molar-refractivity contribution in [2.75, 3.05) is 6.54 Å². The van der Waals surface area contributed by atoms with Gasteiger partial charge in [0.15, 0.2) is 0 Å². The Morgan fingerprint density at radius 1 is 1.00 bits per heavy atom. The van der Waals surface area contributed by atoms with Crippen LogP contribution in [0.15, 0.2) is 67.3 Å². The van der Waals surface area contributed by atoms with Crippen LogP contribution in [0.1, 0.15) is 39.1 Å². The predicted octanol–water partition coefficient (Wildman–Crippen LogP) is 2.98. The summed E-state index contributed by atoms with van der Waals surface area (Å²) in [7, 11) is 0. The zero-order valence-corrected chi connectivity index (χ0v) is 15.1. The third-order valence-electron chi connectivity index (χ3n) is 4.65. The van der Waals surface area contributed by atoms with Crippen LogP contribution in [0.4, 0.5) is 0 Å². The van der Waals surface area contributed by atoms with Crippen molar-refractivity contribution in [3.05, 3.63) is 83.9 Å². The number of hydrogen-bond acceptors (Lipinski definition) is 3. The van der Waals surface area contributed by atoms with E-state index in [2.05, 4.69) is 11.9 Å². The first-order chi connectivity index (χ1) is 13.1. The Bertz CT molecular complexity index is 826. The molecule has 27 heavy (non-hydrogen) atoms.